The lowest BCUT2D eigenvalue weighted by atomic mass is 10.1. The van der Waals surface area contributed by atoms with Crippen LogP contribution >= 0.6 is 11.6 Å². The largest absolute Gasteiger partial charge is 0.497 e. The van der Waals surface area contributed by atoms with Gasteiger partial charge in [-0.3, -0.25) is 9.10 Å². The number of halogens is 4. The van der Waals surface area contributed by atoms with Crippen LogP contribution in [0.4, 0.5) is 24.5 Å². The van der Waals surface area contributed by atoms with Crippen molar-refractivity contribution in [2.24, 2.45) is 0 Å². The fourth-order valence-electron chi connectivity index (χ4n) is 2.98. The van der Waals surface area contributed by atoms with E-state index in [0.29, 0.717) is 5.75 Å². The maximum absolute atomic E-state index is 13.3. The summed E-state index contributed by atoms with van der Waals surface area (Å²) in [5.74, 6) is -0.548. The van der Waals surface area contributed by atoms with Gasteiger partial charge in [-0.15, -0.1) is 0 Å². The van der Waals surface area contributed by atoms with E-state index in [1.165, 1.54) is 67.8 Å². The molecule has 3 rings (SSSR count). The third-order valence-corrected chi connectivity index (χ3v) is 6.56. The molecule has 1 amide bonds. The molecule has 0 bridgehead atoms. The third-order valence-electron chi connectivity index (χ3n) is 4.54. The topological polar surface area (TPSA) is 75.7 Å². The van der Waals surface area contributed by atoms with Gasteiger partial charge in [0.05, 0.1) is 28.9 Å². The number of benzene rings is 3. The van der Waals surface area contributed by atoms with Gasteiger partial charge in [0.2, 0.25) is 5.91 Å². The number of amides is 1. The van der Waals surface area contributed by atoms with E-state index in [9.17, 15) is 26.4 Å². The number of methoxy groups -OCH3 is 1. The van der Waals surface area contributed by atoms with E-state index in [0.717, 1.165) is 16.4 Å². The summed E-state index contributed by atoms with van der Waals surface area (Å²) in [5, 5.41) is 2.37. The first-order valence-electron chi connectivity index (χ1n) is 9.41. The smallest absolute Gasteiger partial charge is 0.418 e. The van der Waals surface area contributed by atoms with Crippen LogP contribution in [0.1, 0.15) is 5.56 Å². The number of hydrogen-bond donors (Lipinski definition) is 1. The SMILES string of the molecule is COc1ccc(S(=O)(=O)N(CC(=O)Nc2ccccc2C(F)(F)F)c2cccc(Cl)c2)cc1. The minimum absolute atomic E-state index is 0.0672. The number of carbonyl (C=O) groups is 1. The average molecular weight is 499 g/mol. The molecule has 3 aromatic rings. The molecule has 0 aromatic heterocycles. The van der Waals surface area contributed by atoms with E-state index in [2.05, 4.69) is 5.32 Å². The number of carbonyl (C=O) groups excluding carboxylic acids is 1. The first kappa shape index (κ1) is 24.4. The summed E-state index contributed by atoms with van der Waals surface area (Å²) in [6.07, 6.45) is -4.70. The van der Waals surface area contributed by atoms with Crippen molar-refractivity contribution in [2.75, 3.05) is 23.3 Å². The Balaban J connectivity index is 1.97. The molecule has 6 nitrogen and oxygen atoms in total. The van der Waals surface area contributed by atoms with Crippen LogP contribution < -0.4 is 14.4 Å². The van der Waals surface area contributed by atoms with E-state index < -0.39 is 39.9 Å². The highest BCUT2D eigenvalue weighted by molar-refractivity contribution is 7.92. The zero-order valence-corrected chi connectivity index (χ0v) is 18.7. The number of hydrogen-bond acceptors (Lipinski definition) is 4. The first-order valence-corrected chi connectivity index (χ1v) is 11.2. The number of ether oxygens (including phenoxy) is 1. The first-order chi connectivity index (χ1) is 15.5. The highest BCUT2D eigenvalue weighted by Gasteiger charge is 2.34. The Bertz CT molecular complexity index is 1250. The van der Waals surface area contributed by atoms with Gasteiger partial charge in [0.25, 0.3) is 10.0 Å². The Morgan fingerprint density at radius 2 is 1.70 bits per heavy atom. The molecule has 1 N–H and O–H groups in total. The molecule has 0 aliphatic heterocycles. The highest BCUT2D eigenvalue weighted by Crippen LogP contribution is 2.35. The van der Waals surface area contributed by atoms with Crippen LogP contribution in [-0.4, -0.2) is 28.0 Å². The molecule has 0 spiro atoms. The molecule has 11 heteroatoms. The Hall–Kier alpha value is -3.24. The number of nitrogens with zero attached hydrogens (tertiary/aromatic N) is 1. The van der Waals surface area contributed by atoms with Gasteiger partial charge in [-0.05, 0) is 54.6 Å². The van der Waals surface area contributed by atoms with Gasteiger partial charge in [-0.2, -0.15) is 13.2 Å². The summed E-state index contributed by atoms with van der Waals surface area (Å²) in [7, 11) is -2.86. The maximum atomic E-state index is 13.3. The summed E-state index contributed by atoms with van der Waals surface area (Å²) in [6, 6.07) is 15.6. The van der Waals surface area contributed by atoms with Crippen LogP contribution in [0.25, 0.3) is 0 Å². The van der Waals surface area contributed by atoms with E-state index in [-0.39, 0.29) is 15.6 Å². The number of anilines is 2. The van der Waals surface area contributed by atoms with Crippen LogP contribution in [0.2, 0.25) is 5.02 Å². The average Bonchev–Trinajstić information content (AvgIpc) is 2.77. The van der Waals surface area contributed by atoms with Crippen LogP contribution in [-0.2, 0) is 21.0 Å². The van der Waals surface area contributed by atoms with Crippen molar-refractivity contribution in [1.82, 2.24) is 0 Å². The molecular weight excluding hydrogens is 481 g/mol. The minimum Gasteiger partial charge on any atom is -0.497 e. The van der Waals surface area contributed by atoms with E-state index in [4.69, 9.17) is 16.3 Å². The summed E-state index contributed by atoms with van der Waals surface area (Å²) < 4.78 is 72.3. The van der Waals surface area contributed by atoms with E-state index in [1.54, 1.807) is 0 Å². The maximum Gasteiger partial charge on any atom is 0.418 e. The van der Waals surface area contributed by atoms with E-state index >= 15 is 0 Å². The molecule has 0 aliphatic carbocycles. The minimum atomic E-state index is -4.70. The molecule has 0 aliphatic rings. The van der Waals surface area contributed by atoms with Crippen molar-refractivity contribution in [3.05, 3.63) is 83.4 Å². The number of para-hydroxylation sites is 1. The van der Waals surface area contributed by atoms with Gasteiger partial charge in [0, 0.05) is 5.02 Å². The molecule has 0 heterocycles. The van der Waals surface area contributed by atoms with Gasteiger partial charge in [-0.25, -0.2) is 8.42 Å². The number of nitrogens with one attached hydrogen (secondary N) is 1. The summed E-state index contributed by atoms with van der Waals surface area (Å²) >= 11 is 6.00. The van der Waals surface area contributed by atoms with Crippen molar-refractivity contribution in [3.63, 3.8) is 0 Å². The molecule has 0 saturated heterocycles. The van der Waals surface area contributed by atoms with Crippen molar-refractivity contribution in [3.8, 4) is 5.75 Å². The van der Waals surface area contributed by atoms with Crippen LogP contribution in [0.3, 0.4) is 0 Å². The Morgan fingerprint density at radius 1 is 1.03 bits per heavy atom. The van der Waals surface area contributed by atoms with Gasteiger partial charge in [-0.1, -0.05) is 29.8 Å². The summed E-state index contributed by atoms with van der Waals surface area (Å²) in [4.78, 5) is 12.6. The lowest BCUT2D eigenvalue weighted by molar-refractivity contribution is -0.137. The zero-order valence-electron chi connectivity index (χ0n) is 17.1. The second-order valence-electron chi connectivity index (χ2n) is 6.76. The monoisotopic (exact) mass is 498 g/mol. The van der Waals surface area contributed by atoms with Crippen LogP contribution in [0.5, 0.6) is 5.75 Å². The van der Waals surface area contributed by atoms with Gasteiger partial charge < -0.3 is 10.1 Å². The predicted octanol–water partition coefficient (Wildman–Crippen LogP) is 5.20. The Morgan fingerprint density at radius 3 is 2.30 bits per heavy atom. The molecule has 0 unspecified atom stereocenters. The lowest BCUT2D eigenvalue weighted by Gasteiger charge is -2.24. The quantitative estimate of drug-likeness (QED) is 0.486. The zero-order chi connectivity index (χ0) is 24.2. The molecule has 33 heavy (non-hydrogen) atoms. The molecule has 0 saturated carbocycles. The Labute approximate surface area is 193 Å². The molecular formula is C22H18ClF3N2O4S. The molecule has 0 atom stereocenters. The summed E-state index contributed by atoms with van der Waals surface area (Å²) in [5.41, 5.74) is -1.47. The van der Waals surface area contributed by atoms with Crippen molar-refractivity contribution >= 4 is 38.9 Å². The highest BCUT2D eigenvalue weighted by atomic mass is 35.5. The van der Waals surface area contributed by atoms with Gasteiger partial charge in [0.15, 0.2) is 0 Å². The normalized spacial score (nSPS) is 11.7. The molecule has 3 aromatic carbocycles. The fourth-order valence-corrected chi connectivity index (χ4v) is 4.58. The molecule has 0 radical (unpaired) electrons. The third kappa shape index (κ3) is 5.77. The molecule has 0 fully saturated rings. The van der Waals surface area contributed by atoms with Gasteiger partial charge >= 0.3 is 6.18 Å². The molecule has 174 valence electrons. The lowest BCUT2D eigenvalue weighted by Crippen LogP contribution is -2.38. The predicted molar refractivity (Wildman–Crippen MR) is 119 cm³/mol. The van der Waals surface area contributed by atoms with Crippen molar-refractivity contribution in [1.29, 1.82) is 0 Å². The van der Waals surface area contributed by atoms with Crippen molar-refractivity contribution < 1.29 is 31.1 Å². The number of rotatable bonds is 7. The van der Waals surface area contributed by atoms with Gasteiger partial charge in [0.1, 0.15) is 12.3 Å². The van der Waals surface area contributed by atoms with E-state index in [1.807, 2.05) is 0 Å². The second kappa shape index (κ2) is 9.72. The van der Waals surface area contributed by atoms with Crippen molar-refractivity contribution in [2.45, 2.75) is 11.1 Å². The van der Waals surface area contributed by atoms with Crippen LogP contribution in [0.15, 0.2) is 77.7 Å². The standard InChI is InChI=1S/C22H18ClF3N2O4S/c1-32-17-9-11-18(12-10-17)33(30,31)28(16-6-4-5-15(23)13-16)14-21(29)27-20-8-3-2-7-19(20)22(24,25)26/h2-13H,14H2,1H3,(H,27,29). The summed E-state index contributed by atoms with van der Waals surface area (Å²) in [6.45, 7) is -0.791. The second-order valence-corrected chi connectivity index (χ2v) is 9.06. The Kier molecular flexibility index (Phi) is 7.19. The number of alkyl halides is 3. The van der Waals surface area contributed by atoms with Crippen LogP contribution in [0, 0.1) is 0 Å². The fraction of sp³-hybridized carbons (Fsp3) is 0.136. The number of sulfonamides is 1.